The van der Waals surface area contributed by atoms with Gasteiger partial charge in [0.25, 0.3) is 0 Å². The molecule has 21 heavy (non-hydrogen) atoms. The summed E-state index contributed by atoms with van der Waals surface area (Å²) in [7, 11) is -3.70. The van der Waals surface area contributed by atoms with Crippen molar-refractivity contribution in [3.8, 4) is 0 Å². The maximum atomic E-state index is 12.5. The lowest BCUT2D eigenvalue weighted by Crippen LogP contribution is -2.42. The van der Waals surface area contributed by atoms with Crippen molar-refractivity contribution in [2.24, 2.45) is 5.92 Å². The Kier molecular flexibility index (Phi) is 3.47. The first-order chi connectivity index (χ1) is 9.90. The summed E-state index contributed by atoms with van der Waals surface area (Å²) in [6, 6.07) is 8.63. The number of rotatable bonds is 5. The van der Waals surface area contributed by atoms with Crippen LogP contribution in [0.3, 0.4) is 0 Å². The van der Waals surface area contributed by atoms with E-state index in [2.05, 4.69) is 9.71 Å². The van der Waals surface area contributed by atoms with Gasteiger partial charge in [0.2, 0.25) is 10.0 Å². The van der Waals surface area contributed by atoms with Gasteiger partial charge in [0, 0.05) is 18.1 Å². The molecule has 1 aromatic carbocycles. The molecule has 112 valence electrons. The molecule has 5 nitrogen and oxygen atoms in total. The van der Waals surface area contributed by atoms with Crippen LogP contribution in [0, 0.1) is 5.92 Å². The van der Waals surface area contributed by atoms with Crippen molar-refractivity contribution in [2.75, 3.05) is 6.54 Å². The van der Waals surface area contributed by atoms with Gasteiger partial charge in [-0.1, -0.05) is 18.2 Å². The van der Waals surface area contributed by atoms with Crippen molar-refractivity contribution in [1.82, 2.24) is 9.71 Å². The second-order valence-electron chi connectivity index (χ2n) is 5.79. The van der Waals surface area contributed by atoms with E-state index >= 15 is 0 Å². The molecule has 0 amide bonds. The Labute approximate surface area is 124 Å². The zero-order chi connectivity index (χ0) is 15.1. The first-order valence-corrected chi connectivity index (χ1v) is 8.44. The summed E-state index contributed by atoms with van der Waals surface area (Å²) in [5.41, 5.74) is -0.552. The van der Waals surface area contributed by atoms with Gasteiger partial charge in [-0.15, -0.1) is 0 Å². The monoisotopic (exact) mass is 306 g/mol. The van der Waals surface area contributed by atoms with Crippen molar-refractivity contribution in [3.63, 3.8) is 0 Å². The molecule has 2 aromatic rings. The molecule has 1 atom stereocenters. The van der Waals surface area contributed by atoms with Crippen molar-refractivity contribution in [3.05, 3.63) is 36.5 Å². The molecule has 1 aromatic heterocycles. The zero-order valence-electron chi connectivity index (χ0n) is 11.8. The Bertz CT molecular complexity index is 762. The largest absolute Gasteiger partial charge is 0.389 e. The lowest BCUT2D eigenvalue weighted by atomic mass is 10.0. The van der Waals surface area contributed by atoms with Crippen LogP contribution in [-0.4, -0.2) is 30.7 Å². The number of nitrogens with one attached hydrogen (secondary N) is 1. The number of aliphatic hydroxyl groups is 1. The molecule has 1 fully saturated rings. The average molecular weight is 306 g/mol. The SMILES string of the molecule is CC(O)(CNS(=O)(=O)c1cccc2cccnc12)C1CC1. The van der Waals surface area contributed by atoms with Crippen LogP contribution < -0.4 is 4.72 Å². The highest BCUT2D eigenvalue weighted by molar-refractivity contribution is 7.89. The van der Waals surface area contributed by atoms with E-state index in [0.29, 0.717) is 5.52 Å². The Balaban J connectivity index is 1.90. The summed E-state index contributed by atoms with van der Waals surface area (Å²) in [6.07, 6.45) is 3.47. The van der Waals surface area contributed by atoms with E-state index in [0.717, 1.165) is 18.2 Å². The first-order valence-electron chi connectivity index (χ1n) is 6.96. The van der Waals surface area contributed by atoms with Crippen LogP contribution in [0.25, 0.3) is 10.9 Å². The standard InChI is InChI=1S/C15H18N2O3S/c1-15(18,12-7-8-12)10-17-21(19,20)13-6-2-4-11-5-3-9-16-14(11)13/h2-6,9,12,17-18H,7-8,10H2,1H3. The molecule has 2 N–H and O–H groups in total. The fraction of sp³-hybridized carbons (Fsp3) is 0.400. The van der Waals surface area contributed by atoms with Crippen molar-refractivity contribution in [1.29, 1.82) is 0 Å². The number of benzene rings is 1. The zero-order valence-corrected chi connectivity index (χ0v) is 12.6. The molecular formula is C15H18N2O3S. The molecular weight excluding hydrogens is 288 g/mol. The summed E-state index contributed by atoms with van der Waals surface area (Å²) in [5.74, 6) is 0.186. The van der Waals surface area contributed by atoms with Crippen LogP contribution in [0.2, 0.25) is 0 Å². The molecule has 1 heterocycles. The van der Waals surface area contributed by atoms with E-state index in [1.165, 1.54) is 6.07 Å². The van der Waals surface area contributed by atoms with Crippen molar-refractivity contribution < 1.29 is 13.5 Å². The summed E-state index contributed by atoms with van der Waals surface area (Å²) in [4.78, 5) is 4.30. The molecule has 0 bridgehead atoms. The second kappa shape index (κ2) is 5.05. The molecule has 6 heteroatoms. The minimum atomic E-state index is -3.70. The van der Waals surface area contributed by atoms with Crippen LogP contribution in [0.4, 0.5) is 0 Å². The maximum absolute atomic E-state index is 12.5. The normalized spacial score (nSPS) is 18.6. The van der Waals surface area contributed by atoms with E-state index in [9.17, 15) is 13.5 Å². The molecule has 0 radical (unpaired) electrons. The van der Waals surface area contributed by atoms with Crippen LogP contribution in [0.5, 0.6) is 0 Å². The van der Waals surface area contributed by atoms with Crippen LogP contribution >= 0.6 is 0 Å². The van der Waals surface area contributed by atoms with E-state index in [1.807, 2.05) is 12.1 Å². The lowest BCUT2D eigenvalue weighted by molar-refractivity contribution is 0.0422. The summed E-state index contributed by atoms with van der Waals surface area (Å²) >= 11 is 0. The van der Waals surface area contributed by atoms with Gasteiger partial charge in [-0.3, -0.25) is 4.98 Å². The number of fused-ring (bicyclic) bond motifs is 1. The van der Waals surface area contributed by atoms with Gasteiger partial charge in [-0.25, -0.2) is 13.1 Å². The lowest BCUT2D eigenvalue weighted by Gasteiger charge is -2.23. The number of nitrogens with zero attached hydrogens (tertiary/aromatic N) is 1. The Hall–Kier alpha value is -1.50. The fourth-order valence-corrected chi connectivity index (χ4v) is 3.78. The molecule has 1 saturated carbocycles. The van der Waals surface area contributed by atoms with Gasteiger partial charge < -0.3 is 5.11 Å². The topological polar surface area (TPSA) is 79.3 Å². The molecule has 3 rings (SSSR count). The quantitative estimate of drug-likeness (QED) is 0.881. The molecule has 0 aliphatic heterocycles. The number of hydrogen-bond donors (Lipinski definition) is 2. The molecule has 0 saturated heterocycles. The maximum Gasteiger partial charge on any atom is 0.242 e. The van der Waals surface area contributed by atoms with Gasteiger partial charge >= 0.3 is 0 Å². The fourth-order valence-electron chi connectivity index (χ4n) is 2.46. The predicted molar refractivity (Wildman–Crippen MR) is 80.3 cm³/mol. The Morgan fingerprint density at radius 3 is 2.76 bits per heavy atom. The minimum absolute atomic E-state index is 0.0171. The van der Waals surface area contributed by atoms with Gasteiger partial charge in [-0.2, -0.15) is 0 Å². The summed E-state index contributed by atoms with van der Waals surface area (Å²) in [6.45, 7) is 1.69. The third-order valence-electron chi connectivity index (χ3n) is 3.96. The van der Waals surface area contributed by atoms with Crippen molar-refractivity contribution >= 4 is 20.9 Å². The van der Waals surface area contributed by atoms with Crippen LogP contribution in [0.15, 0.2) is 41.4 Å². The van der Waals surface area contributed by atoms with Gasteiger partial charge in [-0.05, 0) is 37.8 Å². The highest BCUT2D eigenvalue weighted by atomic mass is 32.2. The number of pyridine rings is 1. The first kappa shape index (κ1) is 14.4. The molecule has 1 unspecified atom stereocenters. The predicted octanol–water partition coefficient (Wildman–Crippen LogP) is 1.67. The molecule has 1 aliphatic carbocycles. The molecule has 1 aliphatic rings. The highest BCUT2D eigenvalue weighted by Crippen LogP contribution is 2.39. The Morgan fingerprint density at radius 1 is 1.33 bits per heavy atom. The Morgan fingerprint density at radius 2 is 2.05 bits per heavy atom. The van der Waals surface area contributed by atoms with Crippen molar-refractivity contribution in [2.45, 2.75) is 30.3 Å². The number of aromatic nitrogens is 1. The van der Waals surface area contributed by atoms with Crippen LogP contribution in [-0.2, 0) is 10.0 Å². The minimum Gasteiger partial charge on any atom is -0.389 e. The van der Waals surface area contributed by atoms with E-state index in [1.54, 1.807) is 25.3 Å². The van der Waals surface area contributed by atoms with E-state index in [-0.39, 0.29) is 17.4 Å². The van der Waals surface area contributed by atoms with Gasteiger partial charge in [0.1, 0.15) is 4.90 Å². The number of sulfonamides is 1. The van der Waals surface area contributed by atoms with E-state index < -0.39 is 15.6 Å². The van der Waals surface area contributed by atoms with Crippen LogP contribution in [0.1, 0.15) is 19.8 Å². The average Bonchev–Trinajstić information content (AvgIpc) is 3.30. The third kappa shape index (κ3) is 2.92. The summed E-state index contributed by atoms with van der Waals surface area (Å²) in [5, 5.41) is 11.0. The third-order valence-corrected chi connectivity index (χ3v) is 5.39. The number of para-hydroxylation sites is 1. The highest BCUT2D eigenvalue weighted by Gasteiger charge is 2.40. The smallest absolute Gasteiger partial charge is 0.242 e. The van der Waals surface area contributed by atoms with Gasteiger partial charge in [0.05, 0.1) is 11.1 Å². The van der Waals surface area contributed by atoms with E-state index in [4.69, 9.17) is 0 Å². The summed E-state index contributed by atoms with van der Waals surface area (Å²) < 4.78 is 27.5. The number of hydrogen-bond acceptors (Lipinski definition) is 4. The molecule has 0 spiro atoms. The van der Waals surface area contributed by atoms with Gasteiger partial charge in [0.15, 0.2) is 0 Å². The second-order valence-corrected chi connectivity index (χ2v) is 7.52.